The summed E-state index contributed by atoms with van der Waals surface area (Å²) in [7, 11) is 1.63. The Hall–Kier alpha value is -1.85. The minimum absolute atomic E-state index is 0.0299. The van der Waals surface area contributed by atoms with Gasteiger partial charge in [-0.2, -0.15) is 0 Å². The molecule has 0 saturated carbocycles. The molecule has 5 heteroatoms. The van der Waals surface area contributed by atoms with E-state index in [1.54, 1.807) is 12.0 Å². The fourth-order valence-corrected chi connectivity index (χ4v) is 3.43. The van der Waals surface area contributed by atoms with Gasteiger partial charge in [0.05, 0.1) is 13.2 Å². The maximum Gasteiger partial charge on any atom is 0.244 e. The van der Waals surface area contributed by atoms with Crippen molar-refractivity contribution in [2.24, 2.45) is 5.73 Å². The van der Waals surface area contributed by atoms with Crippen LogP contribution in [-0.2, 0) is 17.6 Å². The number of hydrogen-bond donors (Lipinski definition) is 1. The zero-order chi connectivity index (χ0) is 16.4. The highest BCUT2D eigenvalue weighted by molar-refractivity contribution is 9.10. The minimum atomic E-state index is -0.564. The van der Waals surface area contributed by atoms with Gasteiger partial charge in [0.15, 0.2) is 0 Å². The number of rotatable bonds is 4. The van der Waals surface area contributed by atoms with Crippen molar-refractivity contribution >= 4 is 27.5 Å². The van der Waals surface area contributed by atoms with Crippen molar-refractivity contribution in [2.75, 3.05) is 18.6 Å². The maximum absolute atomic E-state index is 12.7. The van der Waals surface area contributed by atoms with E-state index >= 15 is 0 Å². The molecule has 4 nitrogen and oxygen atoms in total. The Balaban J connectivity index is 1.74. The lowest BCUT2D eigenvalue weighted by atomic mass is 10.1. The standard InChI is InChI=1S/C18H19BrN2O2/c1-23-14-7-6-13(15(19)11-14)10-16(20)18(22)21-9-8-12-4-2-3-5-17(12)21/h2-7,11,16H,8-10,20H2,1H3/t16-/m1/s1. The highest BCUT2D eigenvalue weighted by Crippen LogP contribution is 2.29. The molecule has 0 aliphatic carbocycles. The zero-order valence-electron chi connectivity index (χ0n) is 13.0. The van der Waals surface area contributed by atoms with Crippen LogP contribution in [-0.4, -0.2) is 25.6 Å². The largest absolute Gasteiger partial charge is 0.497 e. The molecule has 1 amide bonds. The summed E-state index contributed by atoms with van der Waals surface area (Å²) in [4.78, 5) is 14.5. The molecule has 2 aromatic carbocycles. The molecule has 1 heterocycles. The van der Waals surface area contributed by atoms with Crippen LogP contribution in [0.5, 0.6) is 5.75 Å². The molecule has 0 spiro atoms. The van der Waals surface area contributed by atoms with Crippen molar-refractivity contribution in [1.82, 2.24) is 0 Å². The average Bonchev–Trinajstić information content (AvgIpc) is 2.99. The van der Waals surface area contributed by atoms with Crippen molar-refractivity contribution in [3.8, 4) is 5.75 Å². The second kappa shape index (κ2) is 6.72. The molecule has 0 fully saturated rings. The third-order valence-corrected chi connectivity index (χ3v) is 4.91. The number of methoxy groups -OCH3 is 1. The van der Waals surface area contributed by atoms with Crippen LogP contribution < -0.4 is 15.4 Å². The summed E-state index contributed by atoms with van der Waals surface area (Å²) in [6.07, 6.45) is 1.38. The number of amides is 1. The highest BCUT2D eigenvalue weighted by Gasteiger charge is 2.28. The molecule has 0 aromatic heterocycles. The van der Waals surface area contributed by atoms with Gasteiger partial charge in [0, 0.05) is 16.7 Å². The van der Waals surface area contributed by atoms with Crippen molar-refractivity contribution in [1.29, 1.82) is 0 Å². The van der Waals surface area contributed by atoms with E-state index in [0.717, 1.165) is 27.9 Å². The Morgan fingerprint density at radius 2 is 2.13 bits per heavy atom. The second-order valence-electron chi connectivity index (χ2n) is 5.64. The summed E-state index contributed by atoms with van der Waals surface area (Å²) in [5.41, 5.74) is 9.38. The molecule has 120 valence electrons. The van der Waals surface area contributed by atoms with E-state index in [9.17, 15) is 4.79 Å². The number of fused-ring (bicyclic) bond motifs is 1. The van der Waals surface area contributed by atoms with E-state index in [1.165, 1.54) is 5.56 Å². The quantitative estimate of drug-likeness (QED) is 0.894. The SMILES string of the molecule is COc1ccc(C[C@@H](N)C(=O)N2CCc3ccccc32)c(Br)c1. The predicted octanol–water partition coefficient (Wildman–Crippen LogP) is 2.92. The number of anilines is 1. The molecule has 0 unspecified atom stereocenters. The van der Waals surface area contributed by atoms with E-state index in [1.807, 2.05) is 36.4 Å². The maximum atomic E-state index is 12.7. The number of benzene rings is 2. The first kappa shape index (κ1) is 16.0. The van der Waals surface area contributed by atoms with Gasteiger partial charge < -0.3 is 15.4 Å². The number of carbonyl (C=O) groups excluding carboxylic acids is 1. The van der Waals surface area contributed by atoms with Crippen molar-refractivity contribution in [3.05, 3.63) is 58.1 Å². The Morgan fingerprint density at radius 3 is 2.87 bits per heavy atom. The average molecular weight is 375 g/mol. The van der Waals surface area contributed by atoms with Gasteiger partial charge in [-0.05, 0) is 42.2 Å². The molecular weight excluding hydrogens is 356 g/mol. The lowest BCUT2D eigenvalue weighted by Gasteiger charge is -2.22. The Morgan fingerprint density at radius 1 is 1.35 bits per heavy atom. The second-order valence-corrected chi connectivity index (χ2v) is 6.49. The van der Waals surface area contributed by atoms with Gasteiger partial charge in [-0.25, -0.2) is 0 Å². The minimum Gasteiger partial charge on any atom is -0.497 e. The summed E-state index contributed by atoms with van der Waals surface area (Å²) in [6.45, 7) is 0.704. The normalized spacial score (nSPS) is 14.5. The summed E-state index contributed by atoms with van der Waals surface area (Å²) < 4.78 is 6.09. The molecule has 3 rings (SSSR count). The summed E-state index contributed by atoms with van der Waals surface area (Å²) in [5.74, 6) is 0.742. The molecule has 1 aliphatic rings. The van der Waals surface area contributed by atoms with Gasteiger partial charge in [-0.3, -0.25) is 4.79 Å². The lowest BCUT2D eigenvalue weighted by molar-refractivity contribution is -0.119. The number of hydrogen-bond acceptors (Lipinski definition) is 3. The van der Waals surface area contributed by atoms with Crippen LogP contribution in [0.1, 0.15) is 11.1 Å². The monoisotopic (exact) mass is 374 g/mol. The first-order chi connectivity index (χ1) is 11.1. The molecule has 1 atom stereocenters. The van der Waals surface area contributed by atoms with Gasteiger partial charge >= 0.3 is 0 Å². The van der Waals surface area contributed by atoms with Crippen molar-refractivity contribution in [3.63, 3.8) is 0 Å². The smallest absolute Gasteiger partial charge is 0.244 e. The van der Waals surface area contributed by atoms with Gasteiger partial charge in [0.25, 0.3) is 0 Å². The van der Waals surface area contributed by atoms with Crippen LogP contribution in [0, 0.1) is 0 Å². The van der Waals surface area contributed by atoms with Crippen LogP contribution in [0.25, 0.3) is 0 Å². The third-order valence-electron chi connectivity index (χ3n) is 4.17. The van der Waals surface area contributed by atoms with Crippen LogP contribution in [0.4, 0.5) is 5.69 Å². The Kier molecular flexibility index (Phi) is 4.68. The molecule has 0 radical (unpaired) electrons. The molecule has 2 aromatic rings. The topological polar surface area (TPSA) is 55.6 Å². The molecule has 2 N–H and O–H groups in total. The number of para-hydroxylation sites is 1. The van der Waals surface area contributed by atoms with Gasteiger partial charge in [-0.15, -0.1) is 0 Å². The fourth-order valence-electron chi connectivity index (χ4n) is 2.91. The van der Waals surface area contributed by atoms with E-state index < -0.39 is 6.04 Å². The summed E-state index contributed by atoms with van der Waals surface area (Å²) >= 11 is 3.51. The Labute approximate surface area is 144 Å². The molecular formula is C18H19BrN2O2. The van der Waals surface area contributed by atoms with Crippen LogP contribution in [0.3, 0.4) is 0 Å². The molecule has 1 aliphatic heterocycles. The number of nitrogens with zero attached hydrogens (tertiary/aromatic N) is 1. The molecule has 0 bridgehead atoms. The van der Waals surface area contributed by atoms with Crippen LogP contribution >= 0.6 is 15.9 Å². The van der Waals surface area contributed by atoms with E-state index in [-0.39, 0.29) is 5.91 Å². The first-order valence-corrected chi connectivity index (χ1v) is 8.36. The first-order valence-electron chi connectivity index (χ1n) is 7.57. The van der Waals surface area contributed by atoms with Crippen molar-refractivity contribution < 1.29 is 9.53 Å². The predicted molar refractivity (Wildman–Crippen MR) is 94.9 cm³/mol. The number of halogens is 1. The molecule has 0 saturated heterocycles. The zero-order valence-corrected chi connectivity index (χ0v) is 14.5. The Bertz CT molecular complexity index is 733. The number of ether oxygens (including phenoxy) is 1. The van der Waals surface area contributed by atoms with Crippen molar-refractivity contribution in [2.45, 2.75) is 18.9 Å². The molecule has 23 heavy (non-hydrogen) atoms. The van der Waals surface area contributed by atoms with Crippen LogP contribution in [0.2, 0.25) is 0 Å². The number of carbonyl (C=O) groups is 1. The van der Waals surface area contributed by atoms with E-state index in [4.69, 9.17) is 10.5 Å². The lowest BCUT2D eigenvalue weighted by Crippen LogP contribution is -2.44. The van der Waals surface area contributed by atoms with Gasteiger partial charge in [-0.1, -0.05) is 40.2 Å². The van der Waals surface area contributed by atoms with E-state index in [0.29, 0.717) is 13.0 Å². The van der Waals surface area contributed by atoms with Gasteiger partial charge in [0.1, 0.15) is 5.75 Å². The highest BCUT2D eigenvalue weighted by atomic mass is 79.9. The van der Waals surface area contributed by atoms with Gasteiger partial charge in [0.2, 0.25) is 5.91 Å². The third kappa shape index (κ3) is 3.26. The van der Waals surface area contributed by atoms with E-state index in [2.05, 4.69) is 22.0 Å². The summed E-state index contributed by atoms with van der Waals surface area (Å²) in [5, 5.41) is 0. The number of nitrogens with two attached hydrogens (primary N) is 1. The fraction of sp³-hybridized carbons (Fsp3) is 0.278. The summed E-state index contributed by atoms with van der Waals surface area (Å²) in [6, 6.07) is 13.1. The van der Waals surface area contributed by atoms with Crippen LogP contribution in [0.15, 0.2) is 46.9 Å².